The van der Waals surface area contributed by atoms with Crippen LogP contribution in [0.5, 0.6) is 0 Å². The van der Waals surface area contributed by atoms with Crippen LogP contribution < -0.4 is 0 Å². The van der Waals surface area contributed by atoms with Gasteiger partial charge in [-0.25, -0.2) is 0 Å². The minimum atomic E-state index is -1.56. The first-order valence-electron chi connectivity index (χ1n) is 5.07. The molecule has 0 aromatic carbocycles. The maximum absolute atomic E-state index is 6.04. The van der Waals surface area contributed by atoms with Crippen LogP contribution in [0.3, 0.4) is 0 Å². The van der Waals surface area contributed by atoms with Gasteiger partial charge in [-0.3, -0.25) is 0 Å². The predicted octanol–water partition coefficient (Wildman–Crippen LogP) is 4.39. The molecule has 84 valence electrons. The second kappa shape index (κ2) is 5.65. The average Bonchev–Trinajstić information content (AvgIpc) is 1.99. The fraction of sp³-hybridized carbons (Fsp3) is 0.818. The van der Waals surface area contributed by atoms with Crippen molar-refractivity contribution >= 4 is 30.9 Å². The summed E-state index contributed by atoms with van der Waals surface area (Å²) in [4.78, 5) is 0. The standard InChI is InChI=1S/C11H23IOSi/c1-10(7-8-12)9-13-14(5,6)11(2,3)4/h1,7-9H2,2-6H3. The van der Waals surface area contributed by atoms with Crippen LogP contribution in [0.25, 0.3) is 0 Å². The molecular weight excluding hydrogens is 303 g/mol. The largest absolute Gasteiger partial charge is 0.413 e. The molecule has 0 saturated heterocycles. The van der Waals surface area contributed by atoms with Crippen LogP contribution in [-0.2, 0) is 4.43 Å². The van der Waals surface area contributed by atoms with Crippen LogP contribution in [0.15, 0.2) is 12.2 Å². The molecule has 0 radical (unpaired) electrons. The van der Waals surface area contributed by atoms with Gasteiger partial charge in [0.2, 0.25) is 0 Å². The molecule has 0 unspecified atom stereocenters. The summed E-state index contributed by atoms with van der Waals surface area (Å²) >= 11 is 2.37. The van der Waals surface area contributed by atoms with E-state index in [0.717, 1.165) is 17.5 Å². The minimum Gasteiger partial charge on any atom is -0.413 e. The van der Waals surface area contributed by atoms with Crippen molar-refractivity contribution < 1.29 is 4.43 Å². The molecule has 0 saturated carbocycles. The van der Waals surface area contributed by atoms with Crippen molar-refractivity contribution in [1.82, 2.24) is 0 Å². The minimum absolute atomic E-state index is 0.303. The third-order valence-electron chi connectivity index (χ3n) is 2.89. The van der Waals surface area contributed by atoms with E-state index in [0.29, 0.717) is 5.04 Å². The van der Waals surface area contributed by atoms with E-state index in [-0.39, 0.29) is 0 Å². The van der Waals surface area contributed by atoms with Gasteiger partial charge in [0.25, 0.3) is 0 Å². The van der Waals surface area contributed by atoms with Crippen molar-refractivity contribution in [1.29, 1.82) is 0 Å². The Morgan fingerprint density at radius 3 is 2.21 bits per heavy atom. The van der Waals surface area contributed by atoms with E-state index in [9.17, 15) is 0 Å². The molecule has 0 aromatic rings. The monoisotopic (exact) mass is 326 g/mol. The Kier molecular flexibility index (Phi) is 5.92. The molecule has 14 heavy (non-hydrogen) atoms. The normalized spacial score (nSPS) is 13.0. The number of hydrogen-bond acceptors (Lipinski definition) is 1. The number of rotatable bonds is 5. The molecule has 0 N–H and O–H groups in total. The molecule has 0 spiro atoms. The van der Waals surface area contributed by atoms with Crippen LogP contribution in [0.4, 0.5) is 0 Å². The molecule has 3 heteroatoms. The van der Waals surface area contributed by atoms with Crippen LogP contribution in [-0.4, -0.2) is 19.4 Å². The summed E-state index contributed by atoms with van der Waals surface area (Å²) < 4.78 is 7.18. The highest BCUT2D eigenvalue weighted by Crippen LogP contribution is 2.36. The Hall–Kier alpha value is 0.647. The zero-order valence-corrected chi connectivity index (χ0v) is 13.3. The van der Waals surface area contributed by atoms with Gasteiger partial charge in [-0.05, 0) is 24.6 Å². The lowest BCUT2D eigenvalue weighted by molar-refractivity contribution is 0.316. The lowest BCUT2D eigenvalue weighted by Crippen LogP contribution is -2.41. The van der Waals surface area contributed by atoms with Crippen molar-refractivity contribution in [3.05, 3.63) is 12.2 Å². The SMILES string of the molecule is C=C(CCI)CO[Si](C)(C)C(C)(C)C. The summed E-state index contributed by atoms with van der Waals surface area (Å²) in [5.74, 6) is 0. The molecular formula is C11H23IOSi. The fourth-order valence-electron chi connectivity index (χ4n) is 0.705. The molecule has 0 fully saturated rings. The van der Waals surface area contributed by atoms with Gasteiger partial charge in [0.15, 0.2) is 8.32 Å². The molecule has 0 aliphatic rings. The van der Waals surface area contributed by atoms with Gasteiger partial charge in [-0.2, -0.15) is 0 Å². The summed E-state index contributed by atoms with van der Waals surface area (Å²) in [5.41, 5.74) is 1.23. The first-order chi connectivity index (χ1) is 6.20. The third kappa shape index (κ3) is 4.93. The summed E-state index contributed by atoms with van der Waals surface area (Å²) in [6.45, 7) is 16.1. The highest BCUT2D eigenvalue weighted by Gasteiger charge is 2.36. The van der Waals surface area contributed by atoms with Gasteiger partial charge in [0.05, 0.1) is 6.61 Å². The summed E-state index contributed by atoms with van der Waals surface area (Å²) in [7, 11) is -1.56. The Labute approximate surface area is 104 Å². The topological polar surface area (TPSA) is 9.23 Å². The third-order valence-corrected chi connectivity index (χ3v) is 7.91. The molecule has 1 nitrogen and oxygen atoms in total. The highest BCUT2D eigenvalue weighted by molar-refractivity contribution is 14.1. The smallest absolute Gasteiger partial charge is 0.192 e. The van der Waals surface area contributed by atoms with E-state index in [1.165, 1.54) is 5.57 Å². The van der Waals surface area contributed by atoms with Crippen molar-refractivity contribution in [3.63, 3.8) is 0 Å². The zero-order valence-electron chi connectivity index (χ0n) is 10.1. The van der Waals surface area contributed by atoms with Gasteiger partial charge in [0, 0.05) is 4.43 Å². The van der Waals surface area contributed by atoms with Gasteiger partial charge < -0.3 is 4.43 Å². The van der Waals surface area contributed by atoms with E-state index < -0.39 is 8.32 Å². The first-order valence-corrected chi connectivity index (χ1v) is 9.50. The van der Waals surface area contributed by atoms with E-state index in [4.69, 9.17) is 4.43 Å². The molecule has 0 atom stereocenters. The Morgan fingerprint density at radius 2 is 1.86 bits per heavy atom. The summed E-state index contributed by atoms with van der Waals surface area (Å²) in [5, 5.41) is 0.303. The molecule has 0 aromatic heterocycles. The van der Waals surface area contributed by atoms with Crippen LogP contribution >= 0.6 is 22.6 Å². The van der Waals surface area contributed by atoms with E-state index in [2.05, 4.69) is 63.0 Å². The van der Waals surface area contributed by atoms with E-state index in [1.54, 1.807) is 0 Å². The molecule has 0 aliphatic heterocycles. The fourth-order valence-corrected chi connectivity index (χ4v) is 2.47. The first kappa shape index (κ1) is 14.6. The number of halogens is 1. The second-order valence-corrected chi connectivity index (χ2v) is 11.1. The van der Waals surface area contributed by atoms with Crippen molar-refractivity contribution in [3.8, 4) is 0 Å². The predicted molar refractivity (Wildman–Crippen MR) is 75.8 cm³/mol. The maximum Gasteiger partial charge on any atom is 0.192 e. The quantitative estimate of drug-likeness (QED) is 0.315. The maximum atomic E-state index is 6.04. The molecule has 0 heterocycles. The van der Waals surface area contributed by atoms with Crippen LogP contribution in [0.1, 0.15) is 27.2 Å². The Morgan fingerprint density at radius 1 is 1.36 bits per heavy atom. The van der Waals surface area contributed by atoms with Crippen molar-refractivity contribution in [2.24, 2.45) is 0 Å². The van der Waals surface area contributed by atoms with Gasteiger partial charge in [0.1, 0.15) is 0 Å². The summed E-state index contributed by atoms with van der Waals surface area (Å²) in [6, 6.07) is 0. The van der Waals surface area contributed by atoms with E-state index in [1.807, 2.05) is 0 Å². The molecule has 0 aliphatic carbocycles. The highest BCUT2D eigenvalue weighted by atomic mass is 127. The molecule has 0 bridgehead atoms. The molecule has 0 amide bonds. The summed E-state index contributed by atoms with van der Waals surface area (Å²) in [6.07, 6.45) is 1.08. The lowest BCUT2D eigenvalue weighted by atomic mass is 10.2. The van der Waals surface area contributed by atoms with Crippen molar-refractivity contribution in [2.75, 3.05) is 11.0 Å². The van der Waals surface area contributed by atoms with Gasteiger partial charge in [-0.15, -0.1) is 0 Å². The van der Waals surface area contributed by atoms with E-state index >= 15 is 0 Å². The molecule has 0 rings (SSSR count). The van der Waals surface area contributed by atoms with Gasteiger partial charge in [-0.1, -0.05) is 55.5 Å². The number of hydrogen-bond donors (Lipinski definition) is 0. The van der Waals surface area contributed by atoms with Crippen LogP contribution in [0.2, 0.25) is 18.1 Å². The number of alkyl halides is 1. The Balaban J connectivity index is 4.06. The van der Waals surface area contributed by atoms with Gasteiger partial charge >= 0.3 is 0 Å². The average molecular weight is 326 g/mol. The Bertz CT molecular complexity index is 194. The second-order valence-electron chi connectivity index (χ2n) is 5.24. The van der Waals surface area contributed by atoms with Crippen LogP contribution in [0, 0.1) is 0 Å². The van der Waals surface area contributed by atoms with Crippen molar-refractivity contribution in [2.45, 2.75) is 45.3 Å². The zero-order chi connectivity index (χ0) is 11.4. The lowest BCUT2D eigenvalue weighted by Gasteiger charge is -2.36.